The summed E-state index contributed by atoms with van der Waals surface area (Å²) < 4.78 is 35.9. The Bertz CT molecular complexity index is 577. The molecule has 3 N–H and O–H groups in total. The van der Waals surface area contributed by atoms with Crippen LogP contribution in [0.15, 0.2) is 22.7 Å². The lowest BCUT2D eigenvalue weighted by atomic mass is 10.2. The largest absolute Gasteiger partial charge is 0.322 e. The molecule has 0 aliphatic carbocycles. The van der Waals surface area contributed by atoms with Crippen LogP contribution in [-0.2, 0) is 14.6 Å². The van der Waals surface area contributed by atoms with E-state index >= 15 is 0 Å². The predicted molar refractivity (Wildman–Crippen MR) is 75.0 cm³/mol. The molecule has 1 atom stereocenters. The number of rotatable bonds is 5. The number of carbonyl (C=O) groups excluding carboxylic acids is 1. The molecule has 0 saturated heterocycles. The van der Waals surface area contributed by atoms with Gasteiger partial charge < -0.3 is 11.1 Å². The summed E-state index contributed by atoms with van der Waals surface area (Å²) in [5.41, 5.74) is 5.54. The van der Waals surface area contributed by atoms with Gasteiger partial charge in [0.05, 0.1) is 17.5 Å². The van der Waals surface area contributed by atoms with Crippen molar-refractivity contribution in [2.45, 2.75) is 12.5 Å². The van der Waals surface area contributed by atoms with Gasteiger partial charge in [-0.05, 0) is 24.6 Å². The molecule has 8 heteroatoms. The summed E-state index contributed by atoms with van der Waals surface area (Å²) in [6.45, 7) is 0. The molecule has 106 valence electrons. The highest BCUT2D eigenvalue weighted by molar-refractivity contribution is 9.10. The maximum Gasteiger partial charge on any atom is 0.241 e. The number of nitrogens with two attached hydrogens (primary N) is 1. The molecule has 0 aliphatic rings. The van der Waals surface area contributed by atoms with Gasteiger partial charge in [-0.3, -0.25) is 4.79 Å². The van der Waals surface area contributed by atoms with Crippen molar-refractivity contribution < 1.29 is 17.6 Å². The molecule has 0 radical (unpaired) electrons. The van der Waals surface area contributed by atoms with Gasteiger partial charge in [0.25, 0.3) is 0 Å². The number of amides is 1. The Morgan fingerprint density at radius 1 is 1.53 bits per heavy atom. The van der Waals surface area contributed by atoms with E-state index in [9.17, 15) is 17.6 Å². The normalized spacial score (nSPS) is 13.1. The molecule has 0 aromatic heterocycles. The van der Waals surface area contributed by atoms with Gasteiger partial charge in [-0.1, -0.05) is 15.9 Å². The summed E-state index contributed by atoms with van der Waals surface area (Å²) in [5, 5.41) is 2.32. The lowest BCUT2D eigenvalue weighted by molar-refractivity contribution is -0.117. The molecular formula is C11H14BrFN2O3S. The van der Waals surface area contributed by atoms with Crippen molar-refractivity contribution in [2.24, 2.45) is 5.73 Å². The first-order valence-corrected chi connectivity index (χ1v) is 8.23. The Labute approximate surface area is 119 Å². The third-order valence-electron chi connectivity index (χ3n) is 2.32. The van der Waals surface area contributed by atoms with Crippen molar-refractivity contribution in [1.29, 1.82) is 0 Å². The van der Waals surface area contributed by atoms with E-state index in [4.69, 9.17) is 5.73 Å². The zero-order valence-electron chi connectivity index (χ0n) is 10.2. The van der Waals surface area contributed by atoms with Gasteiger partial charge in [-0.15, -0.1) is 0 Å². The Kier molecular flexibility index (Phi) is 5.45. The van der Waals surface area contributed by atoms with E-state index in [-0.39, 0.29) is 17.9 Å². The Morgan fingerprint density at radius 3 is 2.74 bits per heavy atom. The first kappa shape index (κ1) is 16.1. The fourth-order valence-corrected chi connectivity index (χ4v) is 2.33. The van der Waals surface area contributed by atoms with Crippen LogP contribution in [-0.4, -0.2) is 32.4 Å². The van der Waals surface area contributed by atoms with Crippen molar-refractivity contribution in [2.75, 3.05) is 17.3 Å². The minimum Gasteiger partial charge on any atom is -0.322 e. The number of nitrogens with one attached hydrogen (secondary N) is 1. The number of sulfone groups is 1. The van der Waals surface area contributed by atoms with Crippen LogP contribution in [0.1, 0.15) is 6.42 Å². The van der Waals surface area contributed by atoms with Crippen molar-refractivity contribution >= 4 is 37.4 Å². The summed E-state index contributed by atoms with van der Waals surface area (Å²) >= 11 is 3.15. The van der Waals surface area contributed by atoms with E-state index in [1.807, 2.05) is 0 Å². The molecule has 0 aliphatic heterocycles. The maximum atomic E-state index is 13.4. The molecule has 1 amide bonds. The molecule has 1 aromatic carbocycles. The summed E-state index contributed by atoms with van der Waals surface area (Å²) in [6.07, 6.45) is 1.05. The topological polar surface area (TPSA) is 89.3 Å². The number of anilines is 1. The number of hydrogen-bond donors (Lipinski definition) is 2. The van der Waals surface area contributed by atoms with Gasteiger partial charge in [-0.2, -0.15) is 0 Å². The van der Waals surface area contributed by atoms with Crippen molar-refractivity contribution in [1.82, 2.24) is 0 Å². The lowest BCUT2D eigenvalue weighted by Crippen LogP contribution is -2.37. The standard InChI is InChI=1S/C11H14BrFN2O3S/c1-19(17,18)5-4-9(14)11(16)15-10-6-7(12)2-3-8(10)13/h2-3,6,9H,4-5,14H2,1H3,(H,15,16). The molecule has 0 heterocycles. The van der Waals surface area contributed by atoms with E-state index in [2.05, 4.69) is 21.2 Å². The van der Waals surface area contributed by atoms with Gasteiger partial charge >= 0.3 is 0 Å². The maximum absolute atomic E-state index is 13.4. The van der Waals surface area contributed by atoms with Crippen LogP contribution in [0.2, 0.25) is 0 Å². The number of benzene rings is 1. The number of carbonyl (C=O) groups is 1. The smallest absolute Gasteiger partial charge is 0.241 e. The fraction of sp³-hybridized carbons (Fsp3) is 0.364. The molecule has 1 aromatic rings. The average Bonchev–Trinajstić information content (AvgIpc) is 2.29. The summed E-state index contributed by atoms with van der Waals surface area (Å²) in [4.78, 5) is 11.7. The van der Waals surface area contributed by atoms with Gasteiger partial charge in [-0.25, -0.2) is 12.8 Å². The van der Waals surface area contributed by atoms with Crippen LogP contribution in [0.5, 0.6) is 0 Å². The highest BCUT2D eigenvalue weighted by atomic mass is 79.9. The van der Waals surface area contributed by atoms with Crippen molar-refractivity contribution in [3.63, 3.8) is 0 Å². The molecule has 1 rings (SSSR count). The summed E-state index contributed by atoms with van der Waals surface area (Å²) in [5.74, 6) is -1.41. The van der Waals surface area contributed by atoms with Crippen LogP contribution in [0, 0.1) is 5.82 Å². The second-order valence-corrected chi connectivity index (χ2v) is 7.31. The molecule has 5 nitrogen and oxygen atoms in total. The SMILES string of the molecule is CS(=O)(=O)CCC(N)C(=O)Nc1cc(Br)ccc1F. The predicted octanol–water partition coefficient (Wildman–Crippen LogP) is 1.29. The molecule has 0 fully saturated rings. The molecule has 0 saturated carbocycles. The monoisotopic (exact) mass is 352 g/mol. The average molecular weight is 353 g/mol. The Balaban J connectivity index is 2.66. The van der Waals surface area contributed by atoms with Crippen molar-refractivity contribution in [3.8, 4) is 0 Å². The van der Waals surface area contributed by atoms with Gasteiger partial charge in [0.2, 0.25) is 5.91 Å². The highest BCUT2D eigenvalue weighted by Crippen LogP contribution is 2.20. The highest BCUT2D eigenvalue weighted by Gasteiger charge is 2.17. The van der Waals surface area contributed by atoms with Gasteiger partial charge in [0.1, 0.15) is 15.7 Å². The molecular weight excluding hydrogens is 339 g/mol. The van der Waals surface area contributed by atoms with Crippen LogP contribution >= 0.6 is 15.9 Å². The minimum absolute atomic E-state index is 0.00539. The number of hydrogen-bond acceptors (Lipinski definition) is 4. The lowest BCUT2D eigenvalue weighted by Gasteiger charge is -2.12. The second kappa shape index (κ2) is 6.44. The van der Waals surface area contributed by atoms with Crippen LogP contribution in [0.25, 0.3) is 0 Å². The van der Waals surface area contributed by atoms with Crippen LogP contribution in [0.4, 0.5) is 10.1 Å². The first-order valence-electron chi connectivity index (χ1n) is 5.38. The van der Waals surface area contributed by atoms with Crippen LogP contribution < -0.4 is 11.1 Å². The van der Waals surface area contributed by atoms with Crippen LogP contribution in [0.3, 0.4) is 0 Å². The zero-order valence-corrected chi connectivity index (χ0v) is 12.6. The van der Waals surface area contributed by atoms with Crippen molar-refractivity contribution in [3.05, 3.63) is 28.5 Å². The number of halogens is 2. The minimum atomic E-state index is -3.18. The van der Waals surface area contributed by atoms with E-state index in [1.54, 1.807) is 0 Å². The van der Waals surface area contributed by atoms with E-state index < -0.39 is 27.6 Å². The Morgan fingerprint density at radius 2 is 2.16 bits per heavy atom. The first-order chi connectivity index (χ1) is 8.69. The Hall–Kier alpha value is -0.990. The zero-order chi connectivity index (χ0) is 14.6. The van der Waals surface area contributed by atoms with E-state index in [1.165, 1.54) is 18.2 Å². The molecule has 1 unspecified atom stereocenters. The van der Waals surface area contributed by atoms with E-state index in [0.29, 0.717) is 4.47 Å². The van der Waals surface area contributed by atoms with Gasteiger partial charge in [0.15, 0.2) is 0 Å². The fourth-order valence-electron chi connectivity index (χ4n) is 1.29. The van der Waals surface area contributed by atoms with E-state index in [0.717, 1.165) is 6.26 Å². The molecule has 19 heavy (non-hydrogen) atoms. The molecule has 0 bridgehead atoms. The third-order valence-corrected chi connectivity index (χ3v) is 3.79. The third kappa shape index (κ3) is 5.66. The summed E-state index contributed by atoms with van der Waals surface area (Å²) in [7, 11) is -3.18. The second-order valence-electron chi connectivity index (χ2n) is 4.14. The molecule has 0 spiro atoms. The van der Waals surface area contributed by atoms with Gasteiger partial charge in [0, 0.05) is 10.7 Å². The quantitative estimate of drug-likeness (QED) is 0.835. The summed E-state index contributed by atoms with van der Waals surface area (Å²) in [6, 6.07) is 3.08.